The van der Waals surface area contributed by atoms with Gasteiger partial charge in [-0.05, 0) is 36.4 Å². The fraction of sp³-hybridized carbons (Fsp3) is 0.261. The van der Waals surface area contributed by atoms with Gasteiger partial charge in [-0.15, -0.1) is 15.3 Å². The fourth-order valence-corrected chi connectivity index (χ4v) is 3.88. The summed E-state index contributed by atoms with van der Waals surface area (Å²) >= 11 is 0. The average molecular weight is 446 g/mol. The molecule has 0 bridgehead atoms. The normalized spacial score (nSPS) is 14.0. The summed E-state index contributed by atoms with van der Waals surface area (Å²) in [5.41, 5.74) is 0.843. The second kappa shape index (κ2) is 9.19. The minimum absolute atomic E-state index is 0.0978. The van der Waals surface area contributed by atoms with Gasteiger partial charge in [0.25, 0.3) is 0 Å². The number of amides is 1. The number of anilines is 2. The van der Waals surface area contributed by atoms with Gasteiger partial charge >= 0.3 is 0 Å². The zero-order valence-electron chi connectivity index (χ0n) is 17.9. The largest absolute Gasteiger partial charge is 0.368 e. The lowest BCUT2D eigenvalue weighted by atomic mass is 10.2. The SMILES string of the molecule is O=C(CCNc1ccc2nnc(-c3ccccc3F)n2n1)N1CCN(c2ccccn2)CC1. The van der Waals surface area contributed by atoms with Gasteiger partial charge in [0, 0.05) is 45.3 Å². The quantitative estimate of drug-likeness (QED) is 0.487. The number of nitrogens with one attached hydrogen (secondary N) is 1. The Morgan fingerprint density at radius 2 is 1.79 bits per heavy atom. The van der Waals surface area contributed by atoms with Crippen LogP contribution in [0.4, 0.5) is 16.0 Å². The molecule has 0 spiro atoms. The summed E-state index contributed by atoms with van der Waals surface area (Å²) in [5.74, 6) is 1.54. The average Bonchev–Trinajstić information content (AvgIpc) is 3.28. The molecular formula is C23H23FN8O. The maximum Gasteiger partial charge on any atom is 0.224 e. The summed E-state index contributed by atoms with van der Waals surface area (Å²) in [5, 5.41) is 15.8. The van der Waals surface area contributed by atoms with E-state index < -0.39 is 0 Å². The van der Waals surface area contributed by atoms with Gasteiger partial charge in [0.1, 0.15) is 17.5 Å². The maximum atomic E-state index is 14.2. The van der Waals surface area contributed by atoms with E-state index in [1.807, 2.05) is 23.1 Å². The van der Waals surface area contributed by atoms with Crippen LogP contribution >= 0.6 is 0 Å². The number of rotatable bonds is 6. The molecule has 10 heteroatoms. The van der Waals surface area contributed by atoms with E-state index in [9.17, 15) is 9.18 Å². The highest BCUT2D eigenvalue weighted by Crippen LogP contribution is 2.21. The Kier molecular flexibility index (Phi) is 5.79. The molecule has 1 saturated heterocycles. The zero-order chi connectivity index (χ0) is 22.6. The van der Waals surface area contributed by atoms with Crippen molar-refractivity contribution in [1.29, 1.82) is 0 Å². The van der Waals surface area contributed by atoms with Crippen LogP contribution in [-0.2, 0) is 4.79 Å². The van der Waals surface area contributed by atoms with Crippen LogP contribution in [0.3, 0.4) is 0 Å². The molecule has 1 amide bonds. The molecule has 0 saturated carbocycles. The molecule has 168 valence electrons. The van der Waals surface area contributed by atoms with Gasteiger partial charge in [-0.2, -0.15) is 4.52 Å². The first kappa shape index (κ1) is 20.8. The van der Waals surface area contributed by atoms with E-state index in [0.717, 1.165) is 18.9 Å². The molecule has 4 heterocycles. The molecule has 9 nitrogen and oxygen atoms in total. The zero-order valence-corrected chi connectivity index (χ0v) is 17.9. The van der Waals surface area contributed by atoms with Gasteiger partial charge in [-0.1, -0.05) is 18.2 Å². The number of carbonyl (C=O) groups is 1. The first-order chi connectivity index (χ1) is 16.2. The molecule has 1 aromatic carbocycles. The Morgan fingerprint density at radius 1 is 0.970 bits per heavy atom. The Hall–Kier alpha value is -4.08. The summed E-state index contributed by atoms with van der Waals surface area (Å²) in [6, 6.07) is 15.7. The van der Waals surface area contributed by atoms with Crippen LogP contribution in [0.15, 0.2) is 60.8 Å². The van der Waals surface area contributed by atoms with Crippen molar-refractivity contribution < 1.29 is 9.18 Å². The van der Waals surface area contributed by atoms with E-state index in [1.54, 1.807) is 36.5 Å². The molecule has 0 atom stereocenters. The van der Waals surface area contributed by atoms with Gasteiger partial charge in [0.2, 0.25) is 5.91 Å². The van der Waals surface area contributed by atoms with Crippen molar-refractivity contribution in [2.45, 2.75) is 6.42 Å². The van der Waals surface area contributed by atoms with Crippen molar-refractivity contribution in [2.75, 3.05) is 42.9 Å². The first-order valence-corrected chi connectivity index (χ1v) is 10.8. The fourth-order valence-electron chi connectivity index (χ4n) is 3.88. The Balaban J connectivity index is 1.17. The minimum Gasteiger partial charge on any atom is -0.368 e. The van der Waals surface area contributed by atoms with E-state index in [0.29, 0.717) is 48.9 Å². The molecule has 1 aliphatic rings. The van der Waals surface area contributed by atoms with Gasteiger partial charge < -0.3 is 15.1 Å². The lowest BCUT2D eigenvalue weighted by molar-refractivity contribution is -0.131. The van der Waals surface area contributed by atoms with Crippen LogP contribution in [0.5, 0.6) is 0 Å². The van der Waals surface area contributed by atoms with Crippen molar-refractivity contribution in [3.05, 3.63) is 66.6 Å². The number of pyridine rings is 1. The molecule has 1 N–H and O–H groups in total. The molecule has 3 aromatic heterocycles. The highest BCUT2D eigenvalue weighted by molar-refractivity contribution is 5.77. The van der Waals surface area contributed by atoms with E-state index >= 15 is 0 Å². The van der Waals surface area contributed by atoms with Crippen molar-refractivity contribution in [2.24, 2.45) is 0 Å². The van der Waals surface area contributed by atoms with E-state index in [4.69, 9.17) is 0 Å². The van der Waals surface area contributed by atoms with Crippen LogP contribution in [0.25, 0.3) is 17.0 Å². The standard InChI is InChI=1S/C23H23FN8O/c24-18-6-2-1-5-17(18)23-28-27-21-9-8-19(29-32(21)23)25-12-10-22(33)31-15-13-30(14-16-31)20-7-3-4-11-26-20/h1-9,11H,10,12-16H2,(H,25,29). The van der Waals surface area contributed by atoms with Crippen LogP contribution < -0.4 is 10.2 Å². The summed E-state index contributed by atoms with van der Waals surface area (Å²) in [7, 11) is 0. The van der Waals surface area contributed by atoms with Crippen LogP contribution in [0.1, 0.15) is 6.42 Å². The van der Waals surface area contributed by atoms with Crippen molar-refractivity contribution >= 4 is 23.2 Å². The van der Waals surface area contributed by atoms with Crippen LogP contribution in [0.2, 0.25) is 0 Å². The Morgan fingerprint density at radius 3 is 2.58 bits per heavy atom. The summed E-state index contributed by atoms with van der Waals surface area (Å²) in [4.78, 5) is 21.1. The van der Waals surface area contributed by atoms with E-state index in [2.05, 4.69) is 30.5 Å². The Labute approximate surface area is 189 Å². The monoisotopic (exact) mass is 446 g/mol. The molecule has 33 heavy (non-hydrogen) atoms. The minimum atomic E-state index is -0.388. The smallest absolute Gasteiger partial charge is 0.224 e. The molecule has 5 rings (SSSR count). The van der Waals surface area contributed by atoms with Crippen molar-refractivity contribution in [3.63, 3.8) is 0 Å². The molecule has 1 aliphatic heterocycles. The molecule has 0 unspecified atom stereocenters. The summed E-state index contributed by atoms with van der Waals surface area (Å²) in [6.45, 7) is 3.31. The number of hydrogen-bond donors (Lipinski definition) is 1. The highest BCUT2D eigenvalue weighted by atomic mass is 19.1. The molecule has 1 fully saturated rings. The third kappa shape index (κ3) is 4.45. The van der Waals surface area contributed by atoms with Crippen LogP contribution in [0, 0.1) is 5.82 Å². The lowest BCUT2D eigenvalue weighted by Gasteiger charge is -2.35. The van der Waals surface area contributed by atoms with E-state index in [1.165, 1.54) is 10.6 Å². The summed E-state index contributed by atoms with van der Waals surface area (Å²) < 4.78 is 15.7. The van der Waals surface area contributed by atoms with Crippen molar-refractivity contribution in [1.82, 2.24) is 29.7 Å². The number of piperazine rings is 1. The van der Waals surface area contributed by atoms with Crippen LogP contribution in [-0.4, -0.2) is 68.3 Å². The predicted octanol–water partition coefficient (Wildman–Crippen LogP) is 2.48. The third-order valence-electron chi connectivity index (χ3n) is 5.63. The predicted molar refractivity (Wildman–Crippen MR) is 122 cm³/mol. The number of hydrogen-bond acceptors (Lipinski definition) is 7. The number of halogens is 1. The molecule has 0 aliphatic carbocycles. The number of benzene rings is 1. The first-order valence-electron chi connectivity index (χ1n) is 10.8. The Bertz CT molecular complexity index is 1250. The van der Waals surface area contributed by atoms with Gasteiger partial charge in [-0.25, -0.2) is 9.37 Å². The number of carbonyl (C=O) groups excluding carboxylic acids is 1. The van der Waals surface area contributed by atoms with E-state index in [-0.39, 0.29) is 11.7 Å². The topological polar surface area (TPSA) is 91.5 Å². The highest BCUT2D eigenvalue weighted by Gasteiger charge is 2.21. The number of nitrogens with zero attached hydrogens (tertiary/aromatic N) is 7. The van der Waals surface area contributed by atoms with Gasteiger partial charge in [-0.3, -0.25) is 4.79 Å². The molecule has 4 aromatic rings. The third-order valence-corrected chi connectivity index (χ3v) is 5.63. The maximum absolute atomic E-state index is 14.2. The van der Waals surface area contributed by atoms with Gasteiger partial charge in [0.15, 0.2) is 11.5 Å². The second-order valence-electron chi connectivity index (χ2n) is 7.72. The molecular weight excluding hydrogens is 423 g/mol. The summed E-state index contributed by atoms with van der Waals surface area (Å²) in [6.07, 6.45) is 2.13. The number of aromatic nitrogens is 5. The second-order valence-corrected chi connectivity index (χ2v) is 7.72. The van der Waals surface area contributed by atoms with Gasteiger partial charge in [0.05, 0.1) is 5.56 Å². The lowest BCUT2D eigenvalue weighted by Crippen LogP contribution is -2.49. The van der Waals surface area contributed by atoms with Crippen molar-refractivity contribution in [3.8, 4) is 11.4 Å². The number of fused-ring (bicyclic) bond motifs is 1. The molecule has 0 radical (unpaired) electrons.